The highest BCUT2D eigenvalue weighted by Gasteiger charge is 2.32. The first-order chi connectivity index (χ1) is 5.54. The highest BCUT2D eigenvalue weighted by Crippen LogP contribution is 2.28. The number of halogens is 3. The van der Waals surface area contributed by atoms with Gasteiger partial charge >= 0.3 is 6.18 Å². The molecule has 0 aliphatic rings. The lowest BCUT2D eigenvalue weighted by molar-refractivity contribution is -0.141. The van der Waals surface area contributed by atoms with Gasteiger partial charge in [0.15, 0.2) is 0 Å². The van der Waals surface area contributed by atoms with Crippen molar-refractivity contribution in [2.24, 2.45) is 0 Å². The van der Waals surface area contributed by atoms with E-state index in [2.05, 4.69) is 15.8 Å². The molecule has 0 aliphatic carbocycles. The van der Waals surface area contributed by atoms with Crippen LogP contribution in [0, 0.1) is 6.07 Å². The molecule has 1 aromatic heterocycles. The molecule has 1 rings (SSSR count). The van der Waals surface area contributed by atoms with Crippen molar-refractivity contribution in [1.82, 2.24) is 4.98 Å². The molecule has 0 atom stereocenters. The van der Waals surface area contributed by atoms with Crippen LogP contribution in [-0.4, -0.2) is 12.1 Å². The maximum Gasteiger partial charge on any atom is 0.433 e. The van der Waals surface area contributed by atoms with E-state index in [4.69, 9.17) is 0 Å². The van der Waals surface area contributed by atoms with Crippen LogP contribution >= 0.6 is 0 Å². The maximum absolute atomic E-state index is 12.0. The van der Waals surface area contributed by atoms with Crippen molar-refractivity contribution in [3.63, 3.8) is 0 Å². The number of aromatic nitrogens is 1. The molecule has 0 aromatic carbocycles. The van der Waals surface area contributed by atoms with Crippen molar-refractivity contribution in [3.05, 3.63) is 23.9 Å². The highest BCUT2D eigenvalue weighted by molar-refractivity contribution is 5.16. The standard InChI is InChI=1S/C7H5F3NO/c1-12-6-4-2-3-5(11-6)7(8,9)10/h3-4H,1H3. The molecule has 1 heterocycles. The summed E-state index contributed by atoms with van der Waals surface area (Å²) in [7, 11) is 1.25. The van der Waals surface area contributed by atoms with E-state index in [-0.39, 0.29) is 5.88 Å². The molecule has 0 saturated carbocycles. The van der Waals surface area contributed by atoms with Crippen LogP contribution in [0.15, 0.2) is 12.1 Å². The van der Waals surface area contributed by atoms with Crippen LogP contribution in [0.5, 0.6) is 5.88 Å². The second kappa shape index (κ2) is 3.00. The first-order valence-electron chi connectivity index (χ1n) is 3.03. The summed E-state index contributed by atoms with van der Waals surface area (Å²) in [5, 5.41) is 0. The fraction of sp³-hybridized carbons (Fsp3) is 0.286. The quantitative estimate of drug-likeness (QED) is 0.652. The Balaban J connectivity index is 3.02. The topological polar surface area (TPSA) is 22.1 Å². The molecule has 0 aliphatic heterocycles. The highest BCUT2D eigenvalue weighted by atomic mass is 19.4. The van der Waals surface area contributed by atoms with E-state index in [9.17, 15) is 13.2 Å². The van der Waals surface area contributed by atoms with E-state index in [1.54, 1.807) is 0 Å². The summed E-state index contributed by atoms with van der Waals surface area (Å²) in [5.74, 6) is -0.0928. The van der Waals surface area contributed by atoms with Gasteiger partial charge in [-0.1, -0.05) is 0 Å². The van der Waals surface area contributed by atoms with Gasteiger partial charge in [0.05, 0.1) is 7.11 Å². The summed E-state index contributed by atoms with van der Waals surface area (Å²) in [6.45, 7) is 0. The zero-order chi connectivity index (χ0) is 9.19. The van der Waals surface area contributed by atoms with Gasteiger partial charge in [0.1, 0.15) is 5.69 Å². The number of pyridine rings is 1. The minimum absolute atomic E-state index is 0.0928. The van der Waals surface area contributed by atoms with Crippen LogP contribution in [0.4, 0.5) is 13.2 Å². The van der Waals surface area contributed by atoms with Gasteiger partial charge in [-0.3, -0.25) is 0 Å². The summed E-state index contributed by atoms with van der Waals surface area (Å²) >= 11 is 0. The lowest BCUT2D eigenvalue weighted by atomic mass is 10.3. The summed E-state index contributed by atoms with van der Waals surface area (Å²) in [6.07, 6.45) is -4.44. The largest absolute Gasteiger partial charge is 0.481 e. The third-order valence-corrected chi connectivity index (χ3v) is 1.16. The van der Waals surface area contributed by atoms with E-state index in [1.807, 2.05) is 0 Å². The van der Waals surface area contributed by atoms with Crippen LogP contribution in [0.1, 0.15) is 5.69 Å². The molecule has 1 radical (unpaired) electrons. The first kappa shape index (κ1) is 8.83. The minimum atomic E-state index is -4.44. The number of nitrogens with zero attached hydrogens (tertiary/aromatic N) is 1. The molecule has 0 bridgehead atoms. The Morgan fingerprint density at radius 3 is 2.58 bits per heavy atom. The minimum Gasteiger partial charge on any atom is -0.481 e. The van der Waals surface area contributed by atoms with E-state index < -0.39 is 11.9 Å². The molecule has 12 heavy (non-hydrogen) atoms. The van der Waals surface area contributed by atoms with E-state index in [0.717, 1.165) is 6.07 Å². The van der Waals surface area contributed by atoms with E-state index in [1.165, 1.54) is 13.2 Å². The lowest BCUT2D eigenvalue weighted by Crippen LogP contribution is -2.08. The fourth-order valence-electron chi connectivity index (χ4n) is 0.625. The number of hydrogen-bond acceptors (Lipinski definition) is 2. The van der Waals surface area contributed by atoms with Crippen molar-refractivity contribution in [1.29, 1.82) is 0 Å². The Labute approximate surface area is 67.0 Å². The van der Waals surface area contributed by atoms with Crippen LogP contribution in [0.25, 0.3) is 0 Å². The summed E-state index contributed by atoms with van der Waals surface area (Å²) in [5.41, 5.74) is -0.998. The average molecular weight is 176 g/mol. The maximum atomic E-state index is 12.0. The van der Waals surface area contributed by atoms with Gasteiger partial charge in [-0.15, -0.1) is 0 Å². The summed E-state index contributed by atoms with van der Waals surface area (Å²) in [6, 6.07) is 4.28. The molecule has 0 N–H and O–H groups in total. The second-order valence-corrected chi connectivity index (χ2v) is 1.99. The van der Waals surface area contributed by atoms with Gasteiger partial charge in [-0.25, -0.2) is 4.98 Å². The number of ether oxygens (including phenoxy) is 1. The van der Waals surface area contributed by atoms with Crippen LogP contribution in [-0.2, 0) is 6.18 Å². The van der Waals surface area contributed by atoms with E-state index in [0.29, 0.717) is 0 Å². The predicted octanol–water partition coefficient (Wildman–Crippen LogP) is 1.91. The fourth-order valence-corrected chi connectivity index (χ4v) is 0.625. The van der Waals surface area contributed by atoms with Gasteiger partial charge in [0, 0.05) is 6.07 Å². The molecule has 0 fully saturated rings. The molecule has 5 heteroatoms. The van der Waals surface area contributed by atoms with Crippen molar-refractivity contribution in [2.75, 3.05) is 7.11 Å². The molecule has 0 amide bonds. The lowest BCUT2D eigenvalue weighted by Gasteiger charge is -2.05. The van der Waals surface area contributed by atoms with Crippen molar-refractivity contribution >= 4 is 0 Å². The number of hydrogen-bond donors (Lipinski definition) is 0. The summed E-state index contributed by atoms with van der Waals surface area (Å²) < 4.78 is 40.4. The van der Waals surface area contributed by atoms with Crippen molar-refractivity contribution in [3.8, 4) is 5.88 Å². The average Bonchev–Trinajstić information content (AvgIpc) is 2.03. The summed E-state index contributed by atoms with van der Waals surface area (Å²) in [4.78, 5) is 3.18. The zero-order valence-electron chi connectivity index (χ0n) is 6.14. The smallest absolute Gasteiger partial charge is 0.433 e. The molecule has 2 nitrogen and oxygen atoms in total. The zero-order valence-corrected chi connectivity index (χ0v) is 6.14. The third kappa shape index (κ3) is 1.87. The molecular weight excluding hydrogens is 171 g/mol. The SMILES string of the molecule is COc1c[c]cc(C(F)(F)F)n1. The Kier molecular flexibility index (Phi) is 2.21. The van der Waals surface area contributed by atoms with Crippen LogP contribution in [0.2, 0.25) is 0 Å². The normalized spacial score (nSPS) is 11.3. The van der Waals surface area contributed by atoms with Gasteiger partial charge < -0.3 is 4.74 Å². The van der Waals surface area contributed by atoms with Gasteiger partial charge in [-0.2, -0.15) is 13.2 Å². The Bertz CT molecular complexity index is 272. The Morgan fingerprint density at radius 1 is 1.42 bits per heavy atom. The van der Waals surface area contributed by atoms with E-state index >= 15 is 0 Å². The second-order valence-electron chi connectivity index (χ2n) is 1.99. The number of alkyl halides is 3. The Hall–Kier alpha value is -1.26. The van der Waals surface area contributed by atoms with Crippen molar-refractivity contribution < 1.29 is 17.9 Å². The molecule has 0 unspecified atom stereocenters. The van der Waals surface area contributed by atoms with Gasteiger partial charge in [0.25, 0.3) is 0 Å². The van der Waals surface area contributed by atoms with Crippen LogP contribution in [0.3, 0.4) is 0 Å². The van der Waals surface area contributed by atoms with Crippen molar-refractivity contribution in [2.45, 2.75) is 6.18 Å². The van der Waals surface area contributed by atoms with Gasteiger partial charge in [0.2, 0.25) is 5.88 Å². The first-order valence-corrected chi connectivity index (χ1v) is 3.03. The van der Waals surface area contributed by atoms with Gasteiger partial charge in [-0.05, 0) is 12.1 Å². The molecular formula is C7H5F3NO. The predicted molar refractivity (Wildman–Crippen MR) is 34.6 cm³/mol. The number of rotatable bonds is 1. The molecule has 65 valence electrons. The molecule has 1 aromatic rings. The monoisotopic (exact) mass is 176 g/mol. The van der Waals surface area contributed by atoms with Crippen LogP contribution < -0.4 is 4.74 Å². The number of methoxy groups -OCH3 is 1. The molecule has 0 saturated heterocycles. The molecule has 0 spiro atoms. The Morgan fingerprint density at radius 2 is 2.08 bits per heavy atom. The third-order valence-electron chi connectivity index (χ3n) is 1.16.